The van der Waals surface area contributed by atoms with Gasteiger partial charge in [0.25, 0.3) is 0 Å². The second kappa shape index (κ2) is 4.23. The van der Waals surface area contributed by atoms with Crippen LogP contribution in [0.3, 0.4) is 0 Å². The van der Waals surface area contributed by atoms with Crippen molar-refractivity contribution in [3.63, 3.8) is 0 Å². The van der Waals surface area contributed by atoms with Crippen molar-refractivity contribution >= 4 is 23.4 Å². The van der Waals surface area contributed by atoms with Crippen LogP contribution in [0.25, 0.3) is 0 Å². The first-order valence-corrected chi connectivity index (χ1v) is 5.18. The summed E-state index contributed by atoms with van der Waals surface area (Å²) in [5, 5.41) is 2.56. The molecule has 5 heteroatoms. The van der Waals surface area contributed by atoms with Gasteiger partial charge in [-0.2, -0.15) is 0 Å². The highest BCUT2D eigenvalue weighted by atomic mass is 35.5. The van der Waals surface area contributed by atoms with Gasteiger partial charge in [0.2, 0.25) is 11.8 Å². The summed E-state index contributed by atoms with van der Waals surface area (Å²) in [5.74, 6) is -0.220. The Morgan fingerprint density at radius 3 is 2.73 bits per heavy atom. The van der Waals surface area contributed by atoms with Crippen molar-refractivity contribution in [2.45, 2.75) is 26.3 Å². The largest absolute Gasteiger partial charge is 0.345 e. The number of nitrogens with zero attached hydrogens (tertiary/aromatic N) is 1. The average Bonchev–Trinajstić information content (AvgIpc) is 2.19. The van der Waals surface area contributed by atoms with E-state index in [1.807, 2.05) is 6.92 Å². The standard InChI is InChI=1S/C10H15ClN2O2/c1-7(4-11)6-13-8(14)5-12-9(15)10(13,2)3/h4H,5-6H2,1-3H3,(H,12,15). The number of hydrogen-bond donors (Lipinski definition) is 1. The Hall–Kier alpha value is -1.03. The molecule has 0 radical (unpaired) electrons. The van der Waals surface area contributed by atoms with Crippen LogP contribution >= 0.6 is 11.6 Å². The molecule has 0 saturated carbocycles. The van der Waals surface area contributed by atoms with E-state index in [-0.39, 0.29) is 18.4 Å². The third-order valence-electron chi connectivity index (χ3n) is 2.53. The lowest BCUT2D eigenvalue weighted by molar-refractivity contribution is -0.150. The van der Waals surface area contributed by atoms with Gasteiger partial charge in [0, 0.05) is 12.1 Å². The smallest absolute Gasteiger partial charge is 0.245 e. The molecule has 0 aromatic rings. The summed E-state index contributed by atoms with van der Waals surface area (Å²) in [6.45, 7) is 5.73. The molecule has 0 aromatic carbocycles. The monoisotopic (exact) mass is 230 g/mol. The van der Waals surface area contributed by atoms with Gasteiger partial charge in [0.15, 0.2) is 0 Å². The highest BCUT2D eigenvalue weighted by Gasteiger charge is 2.41. The number of hydrogen-bond acceptors (Lipinski definition) is 2. The van der Waals surface area contributed by atoms with Gasteiger partial charge in [0.05, 0.1) is 6.54 Å². The van der Waals surface area contributed by atoms with Gasteiger partial charge in [-0.1, -0.05) is 11.6 Å². The van der Waals surface area contributed by atoms with E-state index in [0.717, 1.165) is 5.57 Å². The molecular weight excluding hydrogens is 216 g/mol. The van der Waals surface area contributed by atoms with E-state index >= 15 is 0 Å². The second-order valence-electron chi connectivity index (χ2n) is 4.18. The third kappa shape index (κ3) is 2.31. The van der Waals surface area contributed by atoms with Gasteiger partial charge < -0.3 is 10.2 Å². The molecule has 15 heavy (non-hydrogen) atoms. The van der Waals surface area contributed by atoms with Crippen LogP contribution in [0.2, 0.25) is 0 Å². The Morgan fingerprint density at radius 2 is 2.20 bits per heavy atom. The summed E-state index contributed by atoms with van der Waals surface area (Å²) < 4.78 is 0. The summed E-state index contributed by atoms with van der Waals surface area (Å²) in [5.41, 5.74) is 1.47. The zero-order chi connectivity index (χ0) is 11.6. The van der Waals surface area contributed by atoms with Crippen LogP contribution in [-0.2, 0) is 9.59 Å². The maximum Gasteiger partial charge on any atom is 0.245 e. The molecule has 0 atom stereocenters. The molecule has 1 aliphatic heterocycles. The predicted octanol–water partition coefficient (Wildman–Crippen LogP) is 0.866. The predicted molar refractivity (Wildman–Crippen MR) is 58.4 cm³/mol. The van der Waals surface area contributed by atoms with Gasteiger partial charge in [-0.25, -0.2) is 0 Å². The van der Waals surface area contributed by atoms with Crippen LogP contribution in [0.15, 0.2) is 11.1 Å². The number of amides is 2. The molecule has 2 amide bonds. The lowest BCUT2D eigenvalue weighted by Crippen LogP contribution is -2.64. The van der Waals surface area contributed by atoms with Crippen molar-refractivity contribution in [3.8, 4) is 0 Å². The van der Waals surface area contributed by atoms with Crippen LogP contribution in [0.5, 0.6) is 0 Å². The lowest BCUT2D eigenvalue weighted by atomic mass is 9.98. The molecule has 0 bridgehead atoms. The zero-order valence-electron chi connectivity index (χ0n) is 9.13. The highest BCUT2D eigenvalue weighted by Crippen LogP contribution is 2.19. The summed E-state index contributed by atoms with van der Waals surface area (Å²) in [6.07, 6.45) is 0. The van der Waals surface area contributed by atoms with Gasteiger partial charge in [0.1, 0.15) is 5.54 Å². The number of halogens is 1. The first kappa shape index (κ1) is 12.0. The van der Waals surface area contributed by atoms with Crippen LogP contribution in [0.1, 0.15) is 20.8 Å². The molecule has 0 spiro atoms. The van der Waals surface area contributed by atoms with Crippen LogP contribution in [-0.4, -0.2) is 35.3 Å². The van der Waals surface area contributed by atoms with Crippen molar-refractivity contribution in [2.75, 3.05) is 13.1 Å². The van der Waals surface area contributed by atoms with Gasteiger partial charge in [-0.05, 0) is 26.3 Å². The summed E-state index contributed by atoms with van der Waals surface area (Å²) in [6, 6.07) is 0. The van der Waals surface area contributed by atoms with Crippen molar-refractivity contribution in [1.29, 1.82) is 0 Å². The molecule has 1 heterocycles. The van der Waals surface area contributed by atoms with E-state index in [1.165, 1.54) is 5.54 Å². The van der Waals surface area contributed by atoms with Gasteiger partial charge >= 0.3 is 0 Å². The normalized spacial score (nSPS) is 21.6. The van der Waals surface area contributed by atoms with E-state index < -0.39 is 5.54 Å². The highest BCUT2D eigenvalue weighted by molar-refractivity contribution is 6.25. The fraction of sp³-hybridized carbons (Fsp3) is 0.600. The molecule has 1 aliphatic rings. The molecular formula is C10H15ClN2O2. The van der Waals surface area contributed by atoms with Gasteiger partial charge in [-0.3, -0.25) is 9.59 Å². The Balaban J connectivity index is 2.91. The second-order valence-corrected chi connectivity index (χ2v) is 4.40. The minimum absolute atomic E-state index is 0.0673. The zero-order valence-corrected chi connectivity index (χ0v) is 9.89. The first-order chi connectivity index (χ1) is 6.89. The topological polar surface area (TPSA) is 49.4 Å². The van der Waals surface area contributed by atoms with Crippen LogP contribution in [0, 0.1) is 0 Å². The molecule has 84 valence electrons. The Labute approximate surface area is 94.3 Å². The summed E-state index contributed by atoms with van der Waals surface area (Å²) in [4.78, 5) is 24.8. The molecule has 0 aromatic heterocycles. The van der Waals surface area contributed by atoms with Crippen LogP contribution < -0.4 is 5.32 Å². The average molecular weight is 231 g/mol. The third-order valence-corrected chi connectivity index (χ3v) is 2.90. The summed E-state index contributed by atoms with van der Waals surface area (Å²) >= 11 is 5.55. The van der Waals surface area contributed by atoms with E-state index in [1.54, 1.807) is 18.7 Å². The Bertz CT molecular complexity index is 323. The molecule has 1 rings (SSSR count). The Kier molecular flexibility index (Phi) is 3.39. The first-order valence-electron chi connectivity index (χ1n) is 4.74. The minimum atomic E-state index is -0.809. The quantitative estimate of drug-likeness (QED) is 0.765. The SMILES string of the molecule is CC(=CCl)CN1C(=O)CNC(=O)C1(C)C. The maximum absolute atomic E-state index is 11.6. The van der Waals surface area contributed by atoms with E-state index in [4.69, 9.17) is 11.6 Å². The van der Waals surface area contributed by atoms with E-state index in [0.29, 0.717) is 6.54 Å². The van der Waals surface area contributed by atoms with Crippen molar-refractivity contribution < 1.29 is 9.59 Å². The van der Waals surface area contributed by atoms with E-state index in [2.05, 4.69) is 5.32 Å². The molecule has 1 saturated heterocycles. The number of carbonyl (C=O) groups excluding carboxylic acids is 2. The molecule has 0 aliphatic carbocycles. The lowest BCUT2D eigenvalue weighted by Gasteiger charge is -2.41. The van der Waals surface area contributed by atoms with Crippen molar-refractivity contribution in [2.24, 2.45) is 0 Å². The van der Waals surface area contributed by atoms with E-state index in [9.17, 15) is 9.59 Å². The van der Waals surface area contributed by atoms with Crippen LogP contribution in [0.4, 0.5) is 0 Å². The molecule has 1 N–H and O–H groups in total. The van der Waals surface area contributed by atoms with Gasteiger partial charge in [-0.15, -0.1) is 0 Å². The molecule has 0 unspecified atom stereocenters. The number of nitrogens with one attached hydrogen (secondary N) is 1. The fourth-order valence-electron chi connectivity index (χ4n) is 1.47. The van der Waals surface area contributed by atoms with Crippen molar-refractivity contribution in [3.05, 3.63) is 11.1 Å². The minimum Gasteiger partial charge on any atom is -0.345 e. The number of carbonyl (C=O) groups is 2. The maximum atomic E-state index is 11.6. The summed E-state index contributed by atoms with van der Waals surface area (Å²) in [7, 11) is 0. The Morgan fingerprint density at radius 1 is 1.60 bits per heavy atom. The number of rotatable bonds is 2. The van der Waals surface area contributed by atoms with Crippen molar-refractivity contribution in [1.82, 2.24) is 10.2 Å². The molecule has 1 fully saturated rings. The number of piperazine rings is 1. The fourth-order valence-corrected chi connectivity index (χ4v) is 1.54. The molecule has 4 nitrogen and oxygen atoms in total.